The van der Waals surface area contributed by atoms with E-state index in [4.69, 9.17) is 0 Å². The molecule has 94 valence electrons. The molecule has 0 aliphatic rings. The van der Waals surface area contributed by atoms with Crippen LogP contribution in [-0.2, 0) is 0 Å². The highest BCUT2D eigenvalue weighted by Gasteiger charge is 2.07. The minimum Gasteiger partial charge on any atom is -0.508 e. The number of hydrogen-bond donors (Lipinski definition) is 1. The normalized spacial score (nSPS) is 10.5. The van der Waals surface area contributed by atoms with Crippen LogP contribution < -0.4 is 0 Å². The number of phenolic OH excluding ortho intramolecular Hbond substituents is 1. The summed E-state index contributed by atoms with van der Waals surface area (Å²) in [6.45, 7) is 0. The van der Waals surface area contributed by atoms with Crippen molar-refractivity contribution in [2.24, 2.45) is 0 Å². The lowest BCUT2D eigenvalue weighted by atomic mass is 10.2. The van der Waals surface area contributed by atoms with Crippen molar-refractivity contribution >= 4 is 29.0 Å². The molecule has 0 aliphatic carbocycles. The van der Waals surface area contributed by atoms with E-state index in [0.717, 1.165) is 31.4 Å². The summed E-state index contributed by atoms with van der Waals surface area (Å²) in [4.78, 5) is 14.9. The van der Waals surface area contributed by atoms with Gasteiger partial charge >= 0.3 is 0 Å². The average molecular weight is 286 g/mol. The first-order valence-electron chi connectivity index (χ1n) is 5.71. The summed E-state index contributed by atoms with van der Waals surface area (Å²) in [5.41, 5.74) is 1.08. The summed E-state index contributed by atoms with van der Waals surface area (Å²) < 4.78 is 0. The zero-order valence-corrected chi connectivity index (χ0v) is 11.5. The molecule has 3 aromatic rings. The van der Waals surface area contributed by atoms with Crippen molar-refractivity contribution in [2.45, 2.75) is 0 Å². The molecule has 0 saturated heterocycles. The SMILES string of the molecule is O=Cc1ccc(-c2ccc(-c3ccc(O)cc3)s2)s1. The Labute approximate surface area is 118 Å². The molecule has 0 aliphatic heterocycles. The van der Waals surface area contributed by atoms with Gasteiger partial charge in [-0.15, -0.1) is 22.7 Å². The van der Waals surface area contributed by atoms with Crippen LogP contribution in [0.25, 0.3) is 20.2 Å². The number of aromatic hydroxyl groups is 1. The number of aldehydes is 1. The lowest BCUT2D eigenvalue weighted by Crippen LogP contribution is -1.69. The monoisotopic (exact) mass is 286 g/mol. The van der Waals surface area contributed by atoms with Crippen LogP contribution >= 0.6 is 22.7 Å². The first-order valence-corrected chi connectivity index (χ1v) is 7.34. The highest BCUT2D eigenvalue weighted by molar-refractivity contribution is 7.24. The number of rotatable bonds is 3. The second-order valence-electron chi connectivity index (χ2n) is 4.03. The molecule has 1 N–H and O–H groups in total. The van der Waals surface area contributed by atoms with E-state index in [1.54, 1.807) is 23.5 Å². The Bertz CT molecular complexity index is 708. The summed E-state index contributed by atoms with van der Waals surface area (Å²) >= 11 is 3.18. The molecule has 0 bridgehead atoms. The Morgan fingerprint density at radius 2 is 1.42 bits per heavy atom. The molecule has 2 heterocycles. The Hall–Kier alpha value is -1.91. The molecular formula is C15H10O2S2. The molecule has 0 saturated carbocycles. The van der Waals surface area contributed by atoms with Gasteiger partial charge in [0, 0.05) is 14.6 Å². The zero-order valence-electron chi connectivity index (χ0n) is 9.87. The van der Waals surface area contributed by atoms with Crippen molar-refractivity contribution in [3.63, 3.8) is 0 Å². The maximum atomic E-state index is 10.7. The van der Waals surface area contributed by atoms with Crippen LogP contribution in [-0.4, -0.2) is 11.4 Å². The second kappa shape index (κ2) is 4.99. The van der Waals surface area contributed by atoms with Gasteiger partial charge in [0.1, 0.15) is 5.75 Å². The van der Waals surface area contributed by atoms with Crippen LogP contribution in [0.4, 0.5) is 0 Å². The molecule has 0 fully saturated rings. The molecule has 2 nitrogen and oxygen atoms in total. The van der Waals surface area contributed by atoms with Crippen LogP contribution in [0.5, 0.6) is 5.75 Å². The number of thiophene rings is 2. The number of hydrogen-bond acceptors (Lipinski definition) is 4. The maximum absolute atomic E-state index is 10.7. The summed E-state index contributed by atoms with van der Waals surface area (Å²) in [7, 11) is 0. The van der Waals surface area contributed by atoms with E-state index in [2.05, 4.69) is 12.1 Å². The van der Waals surface area contributed by atoms with Crippen LogP contribution in [0.2, 0.25) is 0 Å². The Morgan fingerprint density at radius 1 is 0.789 bits per heavy atom. The number of benzene rings is 1. The Kier molecular flexibility index (Phi) is 3.19. The van der Waals surface area contributed by atoms with E-state index < -0.39 is 0 Å². The predicted molar refractivity (Wildman–Crippen MR) is 80.1 cm³/mol. The van der Waals surface area contributed by atoms with E-state index in [1.807, 2.05) is 24.3 Å². The van der Waals surface area contributed by atoms with Gasteiger partial charge in [0.15, 0.2) is 6.29 Å². The van der Waals surface area contributed by atoms with Gasteiger partial charge in [-0.1, -0.05) is 0 Å². The van der Waals surface area contributed by atoms with Crippen molar-refractivity contribution in [3.8, 4) is 25.9 Å². The lowest BCUT2D eigenvalue weighted by molar-refractivity contribution is 0.112. The van der Waals surface area contributed by atoms with Gasteiger partial charge in [-0.3, -0.25) is 4.79 Å². The highest BCUT2D eigenvalue weighted by atomic mass is 32.1. The van der Waals surface area contributed by atoms with E-state index in [-0.39, 0.29) is 5.75 Å². The minimum absolute atomic E-state index is 0.273. The summed E-state index contributed by atoms with van der Waals surface area (Å²) in [5, 5.41) is 9.29. The third-order valence-corrected chi connectivity index (χ3v) is 5.08. The number of carbonyl (C=O) groups excluding carboxylic acids is 1. The van der Waals surface area contributed by atoms with Gasteiger partial charge in [-0.2, -0.15) is 0 Å². The van der Waals surface area contributed by atoms with Crippen LogP contribution in [0.15, 0.2) is 48.5 Å². The lowest BCUT2D eigenvalue weighted by Gasteiger charge is -1.97. The average Bonchev–Trinajstić information content (AvgIpc) is 3.08. The largest absolute Gasteiger partial charge is 0.508 e. The van der Waals surface area contributed by atoms with Crippen molar-refractivity contribution in [2.75, 3.05) is 0 Å². The van der Waals surface area contributed by atoms with Gasteiger partial charge in [-0.25, -0.2) is 0 Å². The first kappa shape index (κ1) is 12.1. The third-order valence-electron chi connectivity index (χ3n) is 2.74. The van der Waals surface area contributed by atoms with Crippen molar-refractivity contribution in [1.82, 2.24) is 0 Å². The van der Waals surface area contributed by atoms with Gasteiger partial charge in [0.2, 0.25) is 0 Å². The summed E-state index contributed by atoms with van der Waals surface area (Å²) in [6.07, 6.45) is 0.878. The van der Waals surface area contributed by atoms with Gasteiger partial charge in [-0.05, 0) is 54.1 Å². The van der Waals surface area contributed by atoms with Gasteiger partial charge in [0.05, 0.1) is 4.88 Å². The smallest absolute Gasteiger partial charge is 0.160 e. The Morgan fingerprint density at radius 3 is 2.11 bits per heavy atom. The maximum Gasteiger partial charge on any atom is 0.160 e. The molecule has 19 heavy (non-hydrogen) atoms. The van der Waals surface area contributed by atoms with E-state index >= 15 is 0 Å². The molecule has 0 amide bonds. The minimum atomic E-state index is 0.273. The molecule has 0 unspecified atom stereocenters. The van der Waals surface area contributed by atoms with Crippen LogP contribution in [0, 0.1) is 0 Å². The Balaban J connectivity index is 1.94. The molecule has 1 aromatic carbocycles. The molecule has 3 rings (SSSR count). The fourth-order valence-electron chi connectivity index (χ4n) is 1.80. The molecule has 4 heteroatoms. The van der Waals surface area contributed by atoms with E-state index in [1.165, 1.54) is 11.3 Å². The predicted octanol–water partition coefficient (Wildman–Crippen LogP) is 4.66. The van der Waals surface area contributed by atoms with Gasteiger partial charge in [0.25, 0.3) is 0 Å². The van der Waals surface area contributed by atoms with Crippen molar-refractivity contribution in [1.29, 1.82) is 0 Å². The van der Waals surface area contributed by atoms with Crippen LogP contribution in [0.3, 0.4) is 0 Å². The van der Waals surface area contributed by atoms with E-state index in [9.17, 15) is 9.90 Å². The second-order valence-corrected chi connectivity index (χ2v) is 6.23. The number of carbonyl (C=O) groups is 1. The molecule has 0 radical (unpaired) electrons. The van der Waals surface area contributed by atoms with E-state index in [0.29, 0.717) is 0 Å². The first-order chi connectivity index (χ1) is 9.26. The summed E-state index contributed by atoms with van der Waals surface area (Å²) in [5.74, 6) is 0.273. The van der Waals surface area contributed by atoms with Crippen LogP contribution in [0.1, 0.15) is 9.67 Å². The van der Waals surface area contributed by atoms with Crippen molar-refractivity contribution in [3.05, 3.63) is 53.4 Å². The quantitative estimate of drug-likeness (QED) is 0.711. The topological polar surface area (TPSA) is 37.3 Å². The van der Waals surface area contributed by atoms with Crippen molar-refractivity contribution < 1.29 is 9.90 Å². The highest BCUT2D eigenvalue weighted by Crippen LogP contribution is 2.37. The zero-order chi connectivity index (χ0) is 13.2. The van der Waals surface area contributed by atoms with Gasteiger partial charge < -0.3 is 5.11 Å². The fourth-order valence-corrected chi connectivity index (χ4v) is 3.72. The number of phenols is 1. The molecule has 0 atom stereocenters. The molecule has 0 spiro atoms. The molecular weight excluding hydrogens is 276 g/mol. The standard InChI is InChI=1S/C15H10O2S2/c16-9-12-5-6-14(18-12)15-8-7-13(19-15)10-1-3-11(17)4-2-10/h1-9,17H. The third kappa shape index (κ3) is 2.45. The summed E-state index contributed by atoms with van der Waals surface area (Å²) in [6, 6.07) is 15.1. The molecule has 2 aromatic heterocycles. The fraction of sp³-hybridized carbons (Fsp3) is 0.